The molecule has 0 N–H and O–H groups in total. The lowest BCUT2D eigenvalue weighted by Crippen LogP contribution is -2.36. The molecule has 8 nitrogen and oxygen atoms in total. The Morgan fingerprint density at radius 3 is 2.30 bits per heavy atom. The molecule has 2 aliphatic rings. The molecule has 0 aliphatic carbocycles. The molecule has 2 aromatic rings. The average Bonchev–Trinajstić information content (AvgIpc) is 3.36. The number of carbonyl (C=O) groups excluding carboxylic acids is 1. The van der Waals surface area contributed by atoms with Crippen LogP contribution in [0.5, 0.6) is 0 Å². The van der Waals surface area contributed by atoms with Gasteiger partial charge in [-0.25, -0.2) is 16.8 Å². The van der Waals surface area contributed by atoms with E-state index in [4.69, 9.17) is 0 Å². The van der Waals surface area contributed by atoms with Crippen LogP contribution in [0.15, 0.2) is 40.3 Å². The molecule has 1 aromatic heterocycles. The highest BCUT2D eigenvalue weighted by molar-refractivity contribution is 7.90. The molecule has 2 aliphatic heterocycles. The molecule has 0 spiro atoms. The third-order valence-corrected chi connectivity index (χ3v) is 8.72. The van der Waals surface area contributed by atoms with Crippen LogP contribution in [0.4, 0.5) is 5.69 Å². The predicted octanol–water partition coefficient (Wildman–Crippen LogP) is 1.81. The number of carbonyl (C=O) groups is 1. The Kier molecular flexibility index (Phi) is 5.27. The monoisotopic (exact) mass is 451 g/mol. The van der Waals surface area contributed by atoms with E-state index >= 15 is 0 Å². The minimum absolute atomic E-state index is 0.125. The molecular formula is C20H25N3O5S2. The van der Waals surface area contributed by atoms with E-state index in [0.29, 0.717) is 38.2 Å². The lowest BCUT2D eigenvalue weighted by molar-refractivity contribution is 0.0977. The first-order valence-corrected chi connectivity index (χ1v) is 13.2. The van der Waals surface area contributed by atoms with E-state index < -0.39 is 19.9 Å². The molecule has 162 valence electrons. The summed E-state index contributed by atoms with van der Waals surface area (Å²) in [5, 5.41) is 0. The minimum Gasteiger partial charge on any atom is -0.345 e. The van der Waals surface area contributed by atoms with Gasteiger partial charge in [-0.3, -0.25) is 4.79 Å². The normalized spacial score (nSPS) is 17.9. The van der Waals surface area contributed by atoms with Crippen molar-refractivity contribution in [1.82, 2.24) is 8.87 Å². The van der Waals surface area contributed by atoms with Crippen molar-refractivity contribution in [2.24, 2.45) is 7.05 Å². The van der Waals surface area contributed by atoms with Gasteiger partial charge in [-0.15, -0.1) is 0 Å². The number of sulfonamides is 1. The molecule has 1 fully saturated rings. The first-order chi connectivity index (χ1) is 14.1. The number of sulfone groups is 1. The van der Waals surface area contributed by atoms with E-state index in [0.717, 1.165) is 24.7 Å². The van der Waals surface area contributed by atoms with E-state index in [9.17, 15) is 21.6 Å². The van der Waals surface area contributed by atoms with Gasteiger partial charge in [0.25, 0.3) is 5.91 Å². The Morgan fingerprint density at radius 2 is 1.63 bits per heavy atom. The summed E-state index contributed by atoms with van der Waals surface area (Å²) in [5.74, 6) is -0.298. The van der Waals surface area contributed by atoms with Crippen LogP contribution in [0.2, 0.25) is 0 Å². The van der Waals surface area contributed by atoms with Crippen LogP contribution >= 0.6 is 0 Å². The van der Waals surface area contributed by atoms with Crippen molar-refractivity contribution >= 4 is 31.5 Å². The van der Waals surface area contributed by atoms with Crippen molar-refractivity contribution in [2.45, 2.75) is 35.5 Å². The van der Waals surface area contributed by atoms with E-state index in [1.807, 2.05) is 0 Å². The number of amides is 1. The fraction of sp³-hybridized carbons (Fsp3) is 0.450. The summed E-state index contributed by atoms with van der Waals surface area (Å²) in [6, 6.07) is 6.23. The number of fused-ring (bicyclic) bond motifs is 1. The standard InChI is InChI=1S/C20H25N3O5S2/c1-21-14-17(30(27,28)22-9-3-4-10-22)13-19(21)20(24)23-11-5-6-15-12-16(29(2,25)26)7-8-18(15)23/h7-8,12-14H,3-6,9-11H2,1-2H3. The van der Waals surface area contributed by atoms with Crippen molar-refractivity contribution in [2.75, 3.05) is 30.8 Å². The quantitative estimate of drug-likeness (QED) is 0.706. The van der Waals surface area contributed by atoms with Gasteiger partial charge in [0.15, 0.2) is 9.84 Å². The smallest absolute Gasteiger partial charge is 0.274 e. The third kappa shape index (κ3) is 3.67. The summed E-state index contributed by atoms with van der Waals surface area (Å²) in [6.45, 7) is 1.49. The molecule has 0 saturated carbocycles. The molecule has 30 heavy (non-hydrogen) atoms. The van der Waals surface area contributed by atoms with Crippen LogP contribution in [0.1, 0.15) is 35.3 Å². The zero-order valence-corrected chi connectivity index (χ0v) is 18.7. The summed E-state index contributed by atoms with van der Waals surface area (Å²) in [4.78, 5) is 15.3. The lowest BCUT2D eigenvalue weighted by Gasteiger charge is -2.30. The van der Waals surface area contributed by atoms with Gasteiger partial charge in [-0.05, 0) is 55.5 Å². The predicted molar refractivity (Wildman–Crippen MR) is 113 cm³/mol. The van der Waals surface area contributed by atoms with Gasteiger partial charge in [-0.1, -0.05) is 0 Å². The Hall–Kier alpha value is -2.17. The highest BCUT2D eigenvalue weighted by Gasteiger charge is 2.31. The molecule has 0 radical (unpaired) electrons. The molecule has 1 saturated heterocycles. The van der Waals surface area contributed by atoms with Crippen molar-refractivity contribution in [3.05, 3.63) is 41.7 Å². The second kappa shape index (κ2) is 7.51. The number of hydrogen-bond acceptors (Lipinski definition) is 5. The van der Waals surface area contributed by atoms with E-state index in [-0.39, 0.29) is 21.4 Å². The molecule has 1 aromatic carbocycles. The number of anilines is 1. The Balaban J connectivity index is 1.68. The number of aromatic nitrogens is 1. The van der Waals surface area contributed by atoms with Gasteiger partial charge in [0.1, 0.15) is 10.6 Å². The van der Waals surface area contributed by atoms with E-state index in [2.05, 4.69) is 0 Å². The molecule has 1 amide bonds. The summed E-state index contributed by atoms with van der Waals surface area (Å²) < 4.78 is 52.4. The minimum atomic E-state index is -3.61. The first-order valence-electron chi connectivity index (χ1n) is 9.90. The van der Waals surface area contributed by atoms with Gasteiger partial charge < -0.3 is 9.47 Å². The lowest BCUT2D eigenvalue weighted by atomic mass is 10.0. The number of rotatable bonds is 4. The zero-order chi connectivity index (χ0) is 21.7. The van der Waals surface area contributed by atoms with Crippen LogP contribution in [-0.4, -0.2) is 57.5 Å². The maximum absolute atomic E-state index is 13.3. The first kappa shape index (κ1) is 21.1. The fourth-order valence-electron chi connectivity index (χ4n) is 4.12. The number of nitrogens with zero attached hydrogens (tertiary/aromatic N) is 3. The second-order valence-electron chi connectivity index (χ2n) is 7.91. The summed E-state index contributed by atoms with van der Waals surface area (Å²) in [6.07, 6.45) is 5.72. The summed E-state index contributed by atoms with van der Waals surface area (Å²) in [5.41, 5.74) is 1.76. The van der Waals surface area contributed by atoms with Crippen LogP contribution in [0.25, 0.3) is 0 Å². The summed E-state index contributed by atoms with van der Waals surface area (Å²) in [7, 11) is -5.28. The highest BCUT2D eigenvalue weighted by atomic mass is 32.2. The van der Waals surface area contributed by atoms with Crippen molar-refractivity contribution in [1.29, 1.82) is 0 Å². The number of benzene rings is 1. The van der Waals surface area contributed by atoms with Gasteiger partial charge in [0.2, 0.25) is 10.0 Å². The topological polar surface area (TPSA) is 96.8 Å². The third-order valence-electron chi connectivity index (χ3n) is 5.74. The maximum Gasteiger partial charge on any atom is 0.274 e. The van der Waals surface area contributed by atoms with Crippen molar-refractivity contribution in [3.63, 3.8) is 0 Å². The van der Waals surface area contributed by atoms with Crippen LogP contribution in [0, 0.1) is 0 Å². The molecule has 0 unspecified atom stereocenters. The van der Waals surface area contributed by atoms with Gasteiger partial charge >= 0.3 is 0 Å². The number of aryl methyl sites for hydroxylation is 2. The van der Waals surface area contributed by atoms with Gasteiger partial charge in [-0.2, -0.15) is 4.31 Å². The number of hydrogen-bond donors (Lipinski definition) is 0. The van der Waals surface area contributed by atoms with Crippen LogP contribution in [0.3, 0.4) is 0 Å². The van der Waals surface area contributed by atoms with E-state index in [1.165, 1.54) is 22.6 Å². The fourth-order valence-corrected chi connectivity index (χ4v) is 6.38. The Labute approximate surface area is 177 Å². The maximum atomic E-state index is 13.3. The van der Waals surface area contributed by atoms with Gasteiger partial charge in [0.05, 0.1) is 4.90 Å². The molecule has 10 heteroatoms. The van der Waals surface area contributed by atoms with E-state index in [1.54, 1.807) is 28.6 Å². The van der Waals surface area contributed by atoms with Crippen molar-refractivity contribution in [3.8, 4) is 0 Å². The molecule has 3 heterocycles. The molecule has 4 rings (SSSR count). The average molecular weight is 452 g/mol. The zero-order valence-electron chi connectivity index (χ0n) is 17.0. The van der Waals surface area contributed by atoms with Gasteiger partial charge in [0, 0.05) is 44.8 Å². The van der Waals surface area contributed by atoms with Crippen LogP contribution in [-0.2, 0) is 33.3 Å². The van der Waals surface area contributed by atoms with Crippen molar-refractivity contribution < 1.29 is 21.6 Å². The van der Waals surface area contributed by atoms with Crippen LogP contribution < -0.4 is 4.90 Å². The Bertz CT molecular complexity index is 1210. The second-order valence-corrected chi connectivity index (χ2v) is 11.9. The molecule has 0 atom stereocenters. The highest BCUT2D eigenvalue weighted by Crippen LogP contribution is 2.31. The largest absolute Gasteiger partial charge is 0.345 e. The SMILES string of the molecule is Cn1cc(S(=O)(=O)N2CCCC2)cc1C(=O)N1CCCc2cc(S(C)(=O)=O)ccc21. The Morgan fingerprint density at radius 1 is 0.933 bits per heavy atom. The molecule has 0 bridgehead atoms. The molecular weight excluding hydrogens is 426 g/mol. The summed E-state index contributed by atoms with van der Waals surface area (Å²) >= 11 is 0.